The topological polar surface area (TPSA) is 52.6 Å². The van der Waals surface area contributed by atoms with Gasteiger partial charge in [-0.1, -0.05) is 6.08 Å². The van der Waals surface area contributed by atoms with E-state index in [0.717, 1.165) is 6.42 Å². The lowest BCUT2D eigenvalue weighted by Gasteiger charge is -1.97. The Morgan fingerprint density at radius 3 is 2.79 bits per heavy atom. The Kier molecular flexibility index (Phi) is 3.68. The van der Waals surface area contributed by atoms with Gasteiger partial charge < -0.3 is 9.47 Å². The predicted octanol–water partition coefficient (Wildman–Crippen LogP) is 0.915. The first-order valence-electron chi connectivity index (χ1n) is 4.61. The van der Waals surface area contributed by atoms with Crippen molar-refractivity contribution in [2.24, 2.45) is 11.8 Å². The molecule has 0 heterocycles. The molecule has 0 aromatic heterocycles. The van der Waals surface area contributed by atoms with Crippen LogP contribution in [0, 0.1) is 11.8 Å². The summed E-state index contributed by atoms with van der Waals surface area (Å²) >= 11 is 0. The molecule has 4 heteroatoms. The van der Waals surface area contributed by atoms with E-state index in [1.807, 2.05) is 0 Å². The molecule has 2 atom stereocenters. The maximum atomic E-state index is 11.2. The molecular weight excluding hydrogens is 184 g/mol. The summed E-state index contributed by atoms with van der Waals surface area (Å²) in [7, 11) is 1.32. The first-order valence-corrected chi connectivity index (χ1v) is 4.61. The number of hydrogen-bond donors (Lipinski definition) is 0. The summed E-state index contributed by atoms with van der Waals surface area (Å²) in [5, 5.41) is 0. The van der Waals surface area contributed by atoms with Crippen molar-refractivity contribution in [1.82, 2.24) is 0 Å². The van der Waals surface area contributed by atoms with Gasteiger partial charge in [0, 0.05) is 6.08 Å². The Morgan fingerprint density at radius 1 is 1.50 bits per heavy atom. The average Bonchev–Trinajstić information content (AvgIpc) is 2.94. The zero-order valence-electron chi connectivity index (χ0n) is 8.36. The summed E-state index contributed by atoms with van der Waals surface area (Å²) in [6, 6.07) is 0. The molecule has 1 saturated carbocycles. The molecule has 1 aliphatic rings. The van der Waals surface area contributed by atoms with E-state index in [9.17, 15) is 9.59 Å². The highest BCUT2D eigenvalue weighted by molar-refractivity contribution is 5.82. The van der Waals surface area contributed by atoms with E-state index < -0.39 is 0 Å². The molecule has 0 aromatic carbocycles. The SMILES string of the molecule is CCOC(=O)C1CC1/C=C/C(=O)OC. The van der Waals surface area contributed by atoms with Crippen LogP contribution < -0.4 is 0 Å². The molecular formula is C10H14O4. The van der Waals surface area contributed by atoms with Gasteiger partial charge in [-0.05, 0) is 19.3 Å². The number of carbonyl (C=O) groups excluding carboxylic acids is 2. The standard InChI is InChI=1S/C10H14O4/c1-3-14-10(12)8-6-7(8)4-5-9(11)13-2/h4-5,7-8H,3,6H2,1-2H3/b5-4+. The van der Waals surface area contributed by atoms with E-state index in [-0.39, 0.29) is 23.8 Å². The van der Waals surface area contributed by atoms with E-state index >= 15 is 0 Å². The highest BCUT2D eigenvalue weighted by atomic mass is 16.5. The molecule has 14 heavy (non-hydrogen) atoms. The Morgan fingerprint density at radius 2 is 2.21 bits per heavy atom. The van der Waals surface area contributed by atoms with Crippen LogP contribution in [0.5, 0.6) is 0 Å². The fourth-order valence-electron chi connectivity index (χ4n) is 1.22. The summed E-state index contributed by atoms with van der Waals surface area (Å²) in [6.07, 6.45) is 3.82. The smallest absolute Gasteiger partial charge is 0.330 e. The second-order valence-corrected chi connectivity index (χ2v) is 3.14. The van der Waals surface area contributed by atoms with E-state index in [2.05, 4.69) is 4.74 Å². The van der Waals surface area contributed by atoms with Crippen molar-refractivity contribution in [2.75, 3.05) is 13.7 Å². The van der Waals surface area contributed by atoms with Gasteiger partial charge in [-0.3, -0.25) is 4.79 Å². The fourth-order valence-corrected chi connectivity index (χ4v) is 1.22. The lowest BCUT2D eigenvalue weighted by Crippen LogP contribution is -2.07. The molecule has 2 unspecified atom stereocenters. The number of carbonyl (C=O) groups is 2. The Hall–Kier alpha value is -1.32. The third kappa shape index (κ3) is 2.87. The van der Waals surface area contributed by atoms with Crippen molar-refractivity contribution >= 4 is 11.9 Å². The molecule has 0 spiro atoms. The van der Waals surface area contributed by atoms with Crippen molar-refractivity contribution in [1.29, 1.82) is 0 Å². The molecule has 0 N–H and O–H groups in total. The molecule has 4 nitrogen and oxygen atoms in total. The van der Waals surface area contributed by atoms with Crippen LogP contribution >= 0.6 is 0 Å². The lowest BCUT2D eigenvalue weighted by atomic mass is 10.3. The zero-order chi connectivity index (χ0) is 10.6. The minimum atomic E-state index is -0.389. The quantitative estimate of drug-likeness (QED) is 0.497. The van der Waals surface area contributed by atoms with Crippen molar-refractivity contribution in [3.63, 3.8) is 0 Å². The van der Waals surface area contributed by atoms with Crippen LogP contribution in [0.4, 0.5) is 0 Å². The fraction of sp³-hybridized carbons (Fsp3) is 0.600. The van der Waals surface area contributed by atoms with Crippen LogP contribution in [0.25, 0.3) is 0 Å². The van der Waals surface area contributed by atoms with Crippen LogP contribution in [0.1, 0.15) is 13.3 Å². The number of methoxy groups -OCH3 is 1. The number of hydrogen-bond acceptors (Lipinski definition) is 4. The molecule has 1 aliphatic carbocycles. The maximum Gasteiger partial charge on any atom is 0.330 e. The summed E-state index contributed by atoms with van der Waals surface area (Å²) in [5.41, 5.74) is 0. The maximum absolute atomic E-state index is 11.2. The minimum absolute atomic E-state index is 0.0594. The van der Waals surface area contributed by atoms with Gasteiger partial charge in [-0.15, -0.1) is 0 Å². The van der Waals surface area contributed by atoms with Gasteiger partial charge >= 0.3 is 11.9 Å². The first-order chi connectivity index (χ1) is 6.69. The van der Waals surface area contributed by atoms with Crippen LogP contribution in [-0.4, -0.2) is 25.7 Å². The van der Waals surface area contributed by atoms with Crippen LogP contribution in [0.3, 0.4) is 0 Å². The summed E-state index contributed by atoms with van der Waals surface area (Å²) in [4.78, 5) is 21.9. The Bertz CT molecular complexity index is 257. The van der Waals surface area contributed by atoms with Gasteiger partial charge in [-0.25, -0.2) is 4.79 Å². The van der Waals surface area contributed by atoms with Crippen molar-refractivity contribution in [3.8, 4) is 0 Å². The largest absolute Gasteiger partial charge is 0.466 e. The summed E-state index contributed by atoms with van der Waals surface area (Å²) in [6.45, 7) is 2.18. The van der Waals surface area contributed by atoms with E-state index in [4.69, 9.17) is 4.74 Å². The second-order valence-electron chi connectivity index (χ2n) is 3.14. The van der Waals surface area contributed by atoms with Crippen molar-refractivity contribution < 1.29 is 19.1 Å². The molecule has 0 saturated heterocycles. The van der Waals surface area contributed by atoms with E-state index in [1.54, 1.807) is 13.0 Å². The monoisotopic (exact) mass is 198 g/mol. The molecule has 0 aromatic rings. The first kappa shape index (κ1) is 10.8. The summed E-state index contributed by atoms with van der Waals surface area (Å²) in [5.74, 6) is -0.476. The van der Waals surface area contributed by atoms with Gasteiger partial charge in [0.1, 0.15) is 0 Å². The molecule has 1 rings (SSSR count). The van der Waals surface area contributed by atoms with Gasteiger partial charge in [0.15, 0.2) is 0 Å². The van der Waals surface area contributed by atoms with Crippen LogP contribution in [0.2, 0.25) is 0 Å². The minimum Gasteiger partial charge on any atom is -0.466 e. The summed E-state index contributed by atoms with van der Waals surface area (Å²) < 4.78 is 9.27. The Balaban J connectivity index is 2.29. The Labute approximate surface area is 82.9 Å². The average molecular weight is 198 g/mol. The van der Waals surface area contributed by atoms with E-state index in [0.29, 0.717) is 6.61 Å². The molecule has 0 amide bonds. The number of rotatable bonds is 4. The third-order valence-electron chi connectivity index (χ3n) is 2.11. The molecule has 0 aliphatic heterocycles. The molecule has 1 fully saturated rings. The molecule has 78 valence electrons. The molecule has 0 radical (unpaired) electrons. The highest BCUT2D eigenvalue weighted by Crippen LogP contribution is 2.40. The normalized spacial score (nSPS) is 24.7. The molecule has 0 bridgehead atoms. The van der Waals surface area contributed by atoms with E-state index in [1.165, 1.54) is 13.2 Å². The second kappa shape index (κ2) is 4.79. The third-order valence-corrected chi connectivity index (χ3v) is 2.11. The highest BCUT2D eigenvalue weighted by Gasteiger charge is 2.42. The van der Waals surface area contributed by atoms with Crippen molar-refractivity contribution in [3.05, 3.63) is 12.2 Å². The van der Waals surface area contributed by atoms with Gasteiger partial charge in [0.05, 0.1) is 19.6 Å². The predicted molar refractivity (Wildman–Crippen MR) is 49.4 cm³/mol. The number of ether oxygens (including phenoxy) is 2. The lowest BCUT2D eigenvalue weighted by molar-refractivity contribution is -0.145. The van der Waals surface area contributed by atoms with Gasteiger partial charge in [0.25, 0.3) is 0 Å². The van der Waals surface area contributed by atoms with Gasteiger partial charge in [-0.2, -0.15) is 0 Å². The zero-order valence-corrected chi connectivity index (χ0v) is 8.36. The van der Waals surface area contributed by atoms with Crippen LogP contribution in [0.15, 0.2) is 12.2 Å². The van der Waals surface area contributed by atoms with Gasteiger partial charge in [0.2, 0.25) is 0 Å². The number of allylic oxidation sites excluding steroid dienone is 1. The number of esters is 2. The van der Waals surface area contributed by atoms with Crippen LogP contribution in [-0.2, 0) is 19.1 Å². The van der Waals surface area contributed by atoms with Crippen molar-refractivity contribution in [2.45, 2.75) is 13.3 Å².